The van der Waals surface area contributed by atoms with Gasteiger partial charge in [0.15, 0.2) is 0 Å². The molecule has 0 aromatic heterocycles. The monoisotopic (exact) mass is 392 g/mol. The number of benzene rings is 1. The lowest BCUT2D eigenvalue weighted by atomic mass is 9.99. The molecule has 1 fully saturated rings. The first-order valence-corrected chi connectivity index (χ1v) is 10.4. The van der Waals surface area contributed by atoms with Gasteiger partial charge in [0.05, 0.1) is 22.8 Å². The summed E-state index contributed by atoms with van der Waals surface area (Å²) in [5.41, 5.74) is 0.690. The summed E-state index contributed by atoms with van der Waals surface area (Å²) in [6.07, 6.45) is 3.02. The van der Waals surface area contributed by atoms with E-state index in [-0.39, 0.29) is 19.0 Å². The van der Waals surface area contributed by atoms with Gasteiger partial charge in [-0.25, -0.2) is 8.42 Å². The molecule has 1 saturated heterocycles. The van der Waals surface area contributed by atoms with Crippen LogP contribution in [0, 0.1) is 5.92 Å². The van der Waals surface area contributed by atoms with Crippen LogP contribution in [0.2, 0.25) is 10.0 Å². The number of sulfonamides is 1. The van der Waals surface area contributed by atoms with E-state index in [0.29, 0.717) is 34.6 Å². The van der Waals surface area contributed by atoms with Crippen LogP contribution in [0.15, 0.2) is 18.2 Å². The first kappa shape index (κ1) is 19.5. The zero-order valence-electron chi connectivity index (χ0n) is 13.8. The Balaban J connectivity index is 2.08. The molecule has 0 N–H and O–H groups in total. The van der Waals surface area contributed by atoms with Gasteiger partial charge in [0.25, 0.3) is 0 Å². The number of likely N-dealkylation sites (tertiary alicyclic amines) is 1. The van der Waals surface area contributed by atoms with E-state index in [1.165, 1.54) is 4.31 Å². The number of nitrogens with zero attached hydrogens (tertiary/aromatic N) is 2. The lowest BCUT2D eigenvalue weighted by molar-refractivity contribution is -0.132. The second-order valence-electron chi connectivity index (χ2n) is 6.34. The highest BCUT2D eigenvalue weighted by molar-refractivity contribution is 7.88. The van der Waals surface area contributed by atoms with Crippen molar-refractivity contribution in [2.45, 2.75) is 26.3 Å². The summed E-state index contributed by atoms with van der Waals surface area (Å²) in [6, 6.07) is 4.95. The Hall–Kier alpha value is -0.820. The van der Waals surface area contributed by atoms with Crippen molar-refractivity contribution in [1.29, 1.82) is 0 Å². The van der Waals surface area contributed by atoms with Crippen molar-refractivity contribution in [2.75, 3.05) is 25.9 Å². The first-order chi connectivity index (χ1) is 11.2. The summed E-state index contributed by atoms with van der Waals surface area (Å²) in [4.78, 5) is 14.2. The number of rotatable bonds is 5. The average molecular weight is 393 g/mol. The fourth-order valence-electron chi connectivity index (χ4n) is 2.64. The molecule has 0 unspecified atom stereocenters. The van der Waals surface area contributed by atoms with Gasteiger partial charge in [-0.1, -0.05) is 36.2 Å². The van der Waals surface area contributed by atoms with Crippen LogP contribution in [-0.4, -0.2) is 49.4 Å². The molecule has 1 aromatic carbocycles. The van der Waals surface area contributed by atoms with Gasteiger partial charge in [-0.15, -0.1) is 0 Å². The smallest absolute Gasteiger partial charge is 0.237 e. The van der Waals surface area contributed by atoms with Gasteiger partial charge in [0.2, 0.25) is 15.9 Å². The Labute approximate surface area is 153 Å². The van der Waals surface area contributed by atoms with Gasteiger partial charge in [0.1, 0.15) is 0 Å². The van der Waals surface area contributed by atoms with Crippen molar-refractivity contribution in [1.82, 2.24) is 9.21 Å². The van der Waals surface area contributed by atoms with Gasteiger partial charge < -0.3 is 4.90 Å². The molecule has 1 aromatic rings. The van der Waals surface area contributed by atoms with Crippen LogP contribution < -0.4 is 0 Å². The Bertz CT molecular complexity index is 701. The standard InChI is InChI=1S/C16H22Cl2N2O3S/c1-12-5-7-19(8-6-12)16(21)11-20(24(2,22)23)10-13-3-4-14(17)15(18)9-13/h3-4,9,12H,5-8,10-11H2,1-2H3. The number of amides is 1. The van der Waals surface area contributed by atoms with E-state index in [9.17, 15) is 13.2 Å². The Morgan fingerprint density at radius 3 is 2.42 bits per heavy atom. The van der Waals surface area contributed by atoms with Crippen molar-refractivity contribution < 1.29 is 13.2 Å². The maximum absolute atomic E-state index is 12.4. The second kappa shape index (κ2) is 8.04. The minimum Gasteiger partial charge on any atom is -0.342 e. The molecule has 1 heterocycles. The fourth-order valence-corrected chi connectivity index (χ4v) is 3.69. The number of hydrogen-bond donors (Lipinski definition) is 0. The summed E-state index contributed by atoms with van der Waals surface area (Å²) in [7, 11) is -3.52. The quantitative estimate of drug-likeness (QED) is 0.773. The van der Waals surface area contributed by atoms with E-state index < -0.39 is 10.0 Å². The van der Waals surface area contributed by atoms with Crippen molar-refractivity contribution in [2.24, 2.45) is 5.92 Å². The van der Waals surface area contributed by atoms with E-state index in [2.05, 4.69) is 6.92 Å². The SMILES string of the molecule is CC1CCN(C(=O)CN(Cc2ccc(Cl)c(Cl)c2)S(C)(=O)=O)CC1. The number of carbonyl (C=O) groups excluding carboxylic acids is 1. The molecule has 2 rings (SSSR count). The highest BCUT2D eigenvalue weighted by Crippen LogP contribution is 2.24. The third-order valence-electron chi connectivity index (χ3n) is 4.26. The van der Waals surface area contributed by atoms with E-state index >= 15 is 0 Å². The number of halogens is 2. The lowest BCUT2D eigenvalue weighted by Gasteiger charge is -2.32. The Kier molecular flexibility index (Phi) is 6.53. The minimum atomic E-state index is -3.52. The molecule has 1 aliphatic heterocycles. The first-order valence-electron chi connectivity index (χ1n) is 7.83. The normalized spacial score (nSPS) is 16.6. The van der Waals surface area contributed by atoms with Gasteiger partial charge in [-0.3, -0.25) is 4.79 Å². The van der Waals surface area contributed by atoms with Crippen LogP contribution in [0.5, 0.6) is 0 Å². The lowest BCUT2D eigenvalue weighted by Crippen LogP contribution is -2.45. The maximum Gasteiger partial charge on any atom is 0.237 e. The second-order valence-corrected chi connectivity index (χ2v) is 9.14. The van der Waals surface area contributed by atoms with Crippen molar-refractivity contribution in [3.05, 3.63) is 33.8 Å². The summed E-state index contributed by atoms with van der Waals surface area (Å²) in [6.45, 7) is 3.46. The molecule has 0 aliphatic carbocycles. The zero-order chi connectivity index (χ0) is 17.9. The van der Waals surface area contributed by atoms with Crippen molar-refractivity contribution in [3.63, 3.8) is 0 Å². The average Bonchev–Trinajstić information content (AvgIpc) is 2.50. The molecule has 24 heavy (non-hydrogen) atoms. The number of hydrogen-bond acceptors (Lipinski definition) is 3. The predicted molar refractivity (Wildman–Crippen MR) is 96.7 cm³/mol. The molecule has 0 spiro atoms. The van der Waals surface area contributed by atoms with Gasteiger partial charge in [-0.05, 0) is 36.5 Å². The fraction of sp³-hybridized carbons (Fsp3) is 0.562. The largest absolute Gasteiger partial charge is 0.342 e. The molecule has 134 valence electrons. The Morgan fingerprint density at radius 1 is 1.25 bits per heavy atom. The number of carbonyl (C=O) groups is 1. The summed E-state index contributed by atoms with van der Waals surface area (Å²) < 4.78 is 25.3. The molecular weight excluding hydrogens is 371 g/mol. The van der Waals surface area contributed by atoms with Crippen LogP contribution >= 0.6 is 23.2 Å². The van der Waals surface area contributed by atoms with Crippen LogP contribution in [0.4, 0.5) is 0 Å². The molecule has 0 atom stereocenters. The summed E-state index contributed by atoms with van der Waals surface area (Å²) in [5, 5.41) is 0.767. The molecule has 8 heteroatoms. The number of piperidine rings is 1. The van der Waals surface area contributed by atoms with E-state index in [1.54, 1.807) is 23.1 Å². The highest BCUT2D eigenvalue weighted by Gasteiger charge is 2.26. The van der Waals surface area contributed by atoms with Crippen LogP contribution in [0.1, 0.15) is 25.3 Å². The van der Waals surface area contributed by atoms with Crippen LogP contribution in [0.25, 0.3) is 0 Å². The zero-order valence-corrected chi connectivity index (χ0v) is 16.2. The van der Waals surface area contributed by atoms with Crippen LogP contribution in [-0.2, 0) is 21.4 Å². The van der Waals surface area contributed by atoms with Crippen molar-refractivity contribution >= 4 is 39.1 Å². The van der Waals surface area contributed by atoms with E-state index in [0.717, 1.165) is 19.1 Å². The molecular formula is C16H22Cl2N2O3S. The molecule has 0 radical (unpaired) electrons. The minimum absolute atomic E-state index is 0.0890. The van der Waals surface area contributed by atoms with Crippen LogP contribution in [0.3, 0.4) is 0 Å². The van der Waals surface area contributed by atoms with Gasteiger partial charge in [0, 0.05) is 19.6 Å². The topological polar surface area (TPSA) is 57.7 Å². The summed E-state index contributed by atoms with van der Waals surface area (Å²) in [5.74, 6) is 0.448. The van der Waals surface area contributed by atoms with Gasteiger partial charge >= 0.3 is 0 Å². The summed E-state index contributed by atoms with van der Waals surface area (Å²) >= 11 is 11.9. The van der Waals surface area contributed by atoms with Gasteiger partial charge in [-0.2, -0.15) is 4.31 Å². The molecule has 1 amide bonds. The molecule has 5 nitrogen and oxygen atoms in total. The third-order valence-corrected chi connectivity index (χ3v) is 6.20. The molecule has 0 bridgehead atoms. The predicted octanol–water partition coefficient (Wildman–Crippen LogP) is 3.01. The molecule has 1 aliphatic rings. The molecule has 0 saturated carbocycles. The maximum atomic E-state index is 12.4. The van der Waals surface area contributed by atoms with E-state index in [4.69, 9.17) is 23.2 Å². The van der Waals surface area contributed by atoms with E-state index in [1.807, 2.05) is 0 Å². The Morgan fingerprint density at radius 2 is 1.88 bits per heavy atom. The highest BCUT2D eigenvalue weighted by atomic mass is 35.5. The van der Waals surface area contributed by atoms with Crippen molar-refractivity contribution in [3.8, 4) is 0 Å². The third kappa shape index (κ3) is 5.34.